The van der Waals surface area contributed by atoms with Crippen LogP contribution in [0.4, 0.5) is 5.88 Å². The molecule has 0 amide bonds. The van der Waals surface area contributed by atoms with Gasteiger partial charge in [0.1, 0.15) is 11.6 Å². The number of nitrogen functional groups attached to an aromatic ring is 1. The number of benzene rings is 1. The van der Waals surface area contributed by atoms with Crippen molar-refractivity contribution in [2.75, 3.05) is 11.5 Å². The highest BCUT2D eigenvalue weighted by atomic mass is 32.2. The van der Waals surface area contributed by atoms with Gasteiger partial charge in [-0.25, -0.2) is 0 Å². The Balaban J connectivity index is 2.12. The highest BCUT2D eigenvalue weighted by Crippen LogP contribution is 2.35. The maximum absolute atomic E-state index is 12.6. The Hall–Kier alpha value is -1.99. The van der Waals surface area contributed by atoms with Gasteiger partial charge in [-0.15, -0.1) is 11.8 Å². The fourth-order valence-electron chi connectivity index (χ4n) is 2.42. The summed E-state index contributed by atoms with van der Waals surface area (Å²) in [4.78, 5) is 23.6. The fraction of sp³-hybridized carbons (Fsp3) is 0.286. The smallest absolute Gasteiger partial charge is 0.321 e. The second kappa shape index (κ2) is 5.09. The Morgan fingerprint density at radius 3 is 2.95 bits per heavy atom. The minimum atomic E-state index is -0.940. The molecule has 4 N–H and O–H groups in total. The van der Waals surface area contributed by atoms with Gasteiger partial charge in [0.25, 0.3) is 0 Å². The summed E-state index contributed by atoms with van der Waals surface area (Å²) in [5.74, 6) is -0.521. The van der Waals surface area contributed by atoms with Crippen LogP contribution in [0.2, 0.25) is 0 Å². The summed E-state index contributed by atoms with van der Waals surface area (Å²) in [6.07, 6.45) is 0. The zero-order valence-corrected chi connectivity index (χ0v) is 12.1. The molecule has 1 aliphatic rings. The van der Waals surface area contributed by atoms with Gasteiger partial charge in [0.15, 0.2) is 0 Å². The second-order valence-electron chi connectivity index (χ2n) is 4.93. The van der Waals surface area contributed by atoms with Crippen LogP contribution in [0.3, 0.4) is 0 Å². The molecule has 3 rings (SSSR count). The monoisotopic (exact) mass is 306 g/mol. The Bertz CT molecular complexity index is 786. The molecule has 2 aromatic rings. The van der Waals surface area contributed by atoms with Crippen LogP contribution in [0.15, 0.2) is 27.4 Å². The van der Waals surface area contributed by atoms with E-state index in [0.717, 1.165) is 5.56 Å². The molecule has 0 bridgehead atoms. The van der Waals surface area contributed by atoms with Crippen LogP contribution in [0.25, 0.3) is 11.0 Å². The Labute approximate surface area is 124 Å². The molecule has 1 aromatic heterocycles. The molecule has 0 spiro atoms. The topological polar surface area (TPSA) is 106 Å². The molecule has 0 saturated carbocycles. The van der Waals surface area contributed by atoms with Crippen LogP contribution in [-0.4, -0.2) is 22.9 Å². The number of hydrogen-bond acceptors (Lipinski definition) is 6. The quantitative estimate of drug-likeness (QED) is 0.771. The molecule has 7 heteroatoms. The molecule has 0 aliphatic carbocycles. The summed E-state index contributed by atoms with van der Waals surface area (Å²) in [7, 11) is 0. The molecule has 2 atom stereocenters. The highest BCUT2D eigenvalue weighted by molar-refractivity contribution is 7.99. The van der Waals surface area contributed by atoms with E-state index in [9.17, 15) is 9.59 Å². The minimum Gasteiger partial charge on any atom is -0.480 e. The van der Waals surface area contributed by atoms with E-state index in [1.165, 1.54) is 11.8 Å². The number of thioether (sulfide) groups is 1. The maximum atomic E-state index is 12.6. The molecule has 0 radical (unpaired) electrons. The summed E-state index contributed by atoms with van der Waals surface area (Å²) >= 11 is 1.34. The molecule has 6 nitrogen and oxygen atoms in total. The molecule has 1 fully saturated rings. The Morgan fingerprint density at radius 2 is 2.29 bits per heavy atom. The molecular formula is C14H14N2O4S. The maximum Gasteiger partial charge on any atom is 0.321 e. The highest BCUT2D eigenvalue weighted by Gasteiger charge is 2.34. The summed E-state index contributed by atoms with van der Waals surface area (Å²) in [6, 6.07) is 4.62. The van der Waals surface area contributed by atoms with Gasteiger partial charge in [-0.05, 0) is 18.6 Å². The lowest BCUT2D eigenvalue weighted by atomic mass is 10.1. The number of rotatable bonds is 2. The Morgan fingerprint density at radius 1 is 1.52 bits per heavy atom. The second-order valence-corrected chi connectivity index (χ2v) is 6.07. The number of nitrogens with two attached hydrogens (primary N) is 1. The zero-order chi connectivity index (χ0) is 15.1. The lowest BCUT2D eigenvalue weighted by Crippen LogP contribution is -2.35. The van der Waals surface area contributed by atoms with Gasteiger partial charge >= 0.3 is 5.97 Å². The number of anilines is 1. The third-order valence-corrected chi connectivity index (χ3v) is 4.75. The van der Waals surface area contributed by atoms with Crippen LogP contribution in [0, 0.1) is 6.92 Å². The van der Waals surface area contributed by atoms with Gasteiger partial charge in [0.2, 0.25) is 11.3 Å². The van der Waals surface area contributed by atoms with Crippen molar-refractivity contribution in [1.82, 2.24) is 5.32 Å². The average molecular weight is 306 g/mol. The third kappa shape index (κ3) is 2.28. The molecule has 21 heavy (non-hydrogen) atoms. The number of hydrogen-bond donors (Lipinski definition) is 3. The number of carboxylic acids is 1. The number of aryl methyl sites for hydroxylation is 1. The van der Waals surface area contributed by atoms with Crippen molar-refractivity contribution in [3.8, 4) is 0 Å². The molecule has 1 aromatic carbocycles. The van der Waals surface area contributed by atoms with E-state index in [0.29, 0.717) is 22.3 Å². The lowest BCUT2D eigenvalue weighted by Gasteiger charge is -2.13. The number of aliphatic carboxylic acids is 1. The summed E-state index contributed by atoms with van der Waals surface area (Å²) in [5.41, 5.74) is 7.27. The van der Waals surface area contributed by atoms with Crippen LogP contribution in [0.5, 0.6) is 0 Å². The molecule has 2 heterocycles. The van der Waals surface area contributed by atoms with Crippen molar-refractivity contribution >= 4 is 34.6 Å². The lowest BCUT2D eigenvalue weighted by molar-refractivity contribution is -0.138. The number of fused-ring (bicyclic) bond motifs is 1. The number of carbonyl (C=O) groups is 1. The number of carboxylic acid groups (broad SMARTS) is 1. The molecule has 2 unspecified atom stereocenters. The number of para-hydroxylation sites is 1. The van der Waals surface area contributed by atoms with E-state index < -0.39 is 17.4 Å². The van der Waals surface area contributed by atoms with E-state index in [4.69, 9.17) is 15.3 Å². The minimum absolute atomic E-state index is 0.0397. The van der Waals surface area contributed by atoms with Crippen molar-refractivity contribution in [1.29, 1.82) is 0 Å². The first-order valence-electron chi connectivity index (χ1n) is 6.41. The molecule has 1 aliphatic heterocycles. The predicted octanol–water partition coefficient (Wildman–Crippen LogP) is 1.47. The Kier molecular flexibility index (Phi) is 3.38. The van der Waals surface area contributed by atoms with Crippen molar-refractivity contribution < 1.29 is 14.3 Å². The van der Waals surface area contributed by atoms with Gasteiger partial charge in [-0.3, -0.25) is 14.9 Å². The van der Waals surface area contributed by atoms with Crippen molar-refractivity contribution in [2.45, 2.75) is 18.3 Å². The SMILES string of the molecule is Cc1cccc2c(=O)c(C3NC(C(=O)O)CS3)c(N)oc12. The van der Waals surface area contributed by atoms with Crippen LogP contribution >= 0.6 is 11.8 Å². The van der Waals surface area contributed by atoms with Gasteiger partial charge in [0, 0.05) is 5.75 Å². The van der Waals surface area contributed by atoms with E-state index in [2.05, 4.69) is 5.32 Å². The first kappa shape index (κ1) is 14.0. The van der Waals surface area contributed by atoms with E-state index in [1.807, 2.05) is 13.0 Å². The molecule has 1 saturated heterocycles. The van der Waals surface area contributed by atoms with Crippen molar-refractivity contribution in [3.05, 3.63) is 39.5 Å². The summed E-state index contributed by atoms with van der Waals surface area (Å²) in [6.45, 7) is 1.84. The van der Waals surface area contributed by atoms with Crippen molar-refractivity contribution in [2.24, 2.45) is 0 Å². The van der Waals surface area contributed by atoms with Crippen molar-refractivity contribution in [3.63, 3.8) is 0 Å². The summed E-state index contributed by atoms with van der Waals surface area (Å²) < 4.78 is 5.59. The number of nitrogens with one attached hydrogen (secondary N) is 1. The normalized spacial score (nSPS) is 21.8. The van der Waals surface area contributed by atoms with Crippen LogP contribution in [-0.2, 0) is 4.79 Å². The van der Waals surface area contributed by atoms with E-state index in [1.54, 1.807) is 12.1 Å². The van der Waals surface area contributed by atoms with Crippen LogP contribution < -0.4 is 16.5 Å². The molecular weight excluding hydrogens is 292 g/mol. The fourth-order valence-corrected chi connectivity index (χ4v) is 3.69. The van der Waals surface area contributed by atoms with Crippen LogP contribution in [0.1, 0.15) is 16.5 Å². The van der Waals surface area contributed by atoms with Gasteiger partial charge in [0.05, 0.1) is 16.3 Å². The van der Waals surface area contributed by atoms with Gasteiger partial charge < -0.3 is 15.3 Å². The van der Waals surface area contributed by atoms with E-state index in [-0.39, 0.29) is 11.3 Å². The van der Waals surface area contributed by atoms with Gasteiger partial charge in [-0.1, -0.05) is 12.1 Å². The predicted molar refractivity (Wildman–Crippen MR) is 81.4 cm³/mol. The van der Waals surface area contributed by atoms with Gasteiger partial charge in [-0.2, -0.15) is 0 Å². The molecule has 110 valence electrons. The summed E-state index contributed by atoms with van der Waals surface area (Å²) in [5, 5.41) is 11.9. The standard InChI is InChI=1S/C14H14N2O4S/c1-6-3-2-4-7-10(17)9(12(15)20-11(6)7)13-16-8(5-21-13)14(18)19/h2-4,8,13,16H,5,15H2,1H3,(H,18,19). The average Bonchev–Trinajstić information content (AvgIpc) is 2.90. The third-order valence-electron chi connectivity index (χ3n) is 3.52. The first-order valence-corrected chi connectivity index (χ1v) is 7.46. The zero-order valence-electron chi connectivity index (χ0n) is 11.3. The van der Waals surface area contributed by atoms with E-state index >= 15 is 0 Å². The first-order chi connectivity index (χ1) is 9.99. The largest absolute Gasteiger partial charge is 0.480 e.